The highest BCUT2D eigenvalue weighted by Gasteiger charge is 2.14. The van der Waals surface area contributed by atoms with E-state index in [4.69, 9.17) is 11.6 Å². The Kier molecular flexibility index (Phi) is 5.31. The summed E-state index contributed by atoms with van der Waals surface area (Å²) in [5, 5.41) is 8.01. The predicted octanol–water partition coefficient (Wildman–Crippen LogP) is 2.51. The molecule has 0 radical (unpaired) electrons. The fourth-order valence-corrected chi connectivity index (χ4v) is 3.04. The van der Waals surface area contributed by atoms with Crippen molar-refractivity contribution in [1.29, 1.82) is 0 Å². The average Bonchev–Trinajstić information content (AvgIpc) is 3.04. The summed E-state index contributed by atoms with van der Waals surface area (Å²) in [6.45, 7) is 3.86. The second kappa shape index (κ2) is 7.62. The number of aromatic nitrogens is 1. The molecule has 3 rings (SSSR count). The van der Waals surface area contributed by atoms with Crippen LogP contribution in [-0.4, -0.2) is 48.5 Å². The fourth-order valence-electron chi connectivity index (χ4n) is 2.87. The van der Waals surface area contributed by atoms with Crippen LogP contribution in [0.4, 0.5) is 5.69 Å². The first-order valence-electron chi connectivity index (χ1n) is 7.99. The third-order valence-corrected chi connectivity index (χ3v) is 4.27. The zero-order chi connectivity index (χ0) is 16.1. The Balaban J connectivity index is 1.48. The van der Waals surface area contributed by atoms with Gasteiger partial charge in [-0.1, -0.05) is 11.6 Å². The van der Waals surface area contributed by atoms with Crippen molar-refractivity contribution in [1.82, 2.24) is 15.2 Å². The molecule has 1 aliphatic heterocycles. The molecule has 5 nitrogen and oxygen atoms in total. The summed E-state index contributed by atoms with van der Waals surface area (Å²) < 4.78 is 0. The van der Waals surface area contributed by atoms with Crippen molar-refractivity contribution in [3.05, 3.63) is 35.5 Å². The standard InChI is InChI=1S/C17H21ClN4O/c18-13-3-4-14-15(5-6-19-16(14)11-13)20-7-8-21-17(23)12-22-9-1-2-10-22/h3-6,11H,1-2,7-10,12H2,(H,19,20)(H,21,23). The molecule has 122 valence electrons. The summed E-state index contributed by atoms with van der Waals surface area (Å²) in [5.74, 6) is 0.0973. The van der Waals surface area contributed by atoms with E-state index in [0.29, 0.717) is 24.7 Å². The summed E-state index contributed by atoms with van der Waals surface area (Å²) in [6, 6.07) is 7.59. The average molecular weight is 333 g/mol. The lowest BCUT2D eigenvalue weighted by atomic mass is 10.2. The van der Waals surface area contributed by atoms with Crippen LogP contribution in [0.2, 0.25) is 5.02 Å². The van der Waals surface area contributed by atoms with Gasteiger partial charge < -0.3 is 10.6 Å². The van der Waals surface area contributed by atoms with Crippen LogP contribution in [0, 0.1) is 0 Å². The molecule has 0 aliphatic carbocycles. The number of likely N-dealkylation sites (tertiary alicyclic amines) is 1. The zero-order valence-electron chi connectivity index (χ0n) is 13.0. The van der Waals surface area contributed by atoms with Crippen molar-refractivity contribution in [2.45, 2.75) is 12.8 Å². The fraction of sp³-hybridized carbons (Fsp3) is 0.412. The number of nitrogens with zero attached hydrogens (tertiary/aromatic N) is 2. The first-order chi connectivity index (χ1) is 11.2. The third-order valence-electron chi connectivity index (χ3n) is 4.03. The summed E-state index contributed by atoms with van der Waals surface area (Å²) >= 11 is 5.99. The van der Waals surface area contributed by atoms with Crippen molar-refractivity contribution in [2.75, 3.05) is 38.0 Å². The lowest BCUT2D eigenvalue weighted by Gasteiger charge is -2.14. The smallest absolute Gasteiger partial charge is 0.234 e. The number of anilines is 1. The molecule has 0 spiro atoms. The molecule has 1 aromatic heterocycles. The summed E-state index contributed by atoms with van der Waals surface area (Å²) in [7, 11) is 0. The maximum Gasteiger partial charge on any atom is 0.234 e. The van der Waals surface area contributed by atoms with Crippen molar-refractivity contribution in [3.63, 3.8) is 0 Å². The second-order valence-corrected chi connectivity index (χ2v) is 6.22. The topological polar surface area (TPSA) is 57.3 Å². The second-order valence-electron chi connectivity index (χ2n) is 5.78. The molecule has 0 unspecified atom stereocenters. The van der Waals surface area contributed by atoms with Gasteiger partial charge in [0.2, 0.25) is 5.91 Å². The van der Waals surface area contributed by atoms with Crippen molar-refractivity contribution >= 4 is 34.1 Å². The van der Waals surface area contributed by atoms with Crippen LogP contribution in [0.1, 0.15) is 12.8 Å². The predicted molar refractivity (Wildman–Crippen MR) is 93.9 cm³/mol. The van der Waals surface area contributed by atoms with E-state index < -0.39 is 0 Å². The van der Waals surface area contributed by atoms with Gasteiger partial charge in [-0.15, -0.1) is 0 Å². The number of carbonyl (C=O) groups excluding carboxylic acids is 1. The number of pyridine rings is 1. The highest BCUT2D eigenvalue weighted by atomic mass is 35.5. The minimum atomic E-state index is 0.0973. The van der Waals surface area contributed by atoms with E-state index >= 15 is 0 Å². The summed E-state index contributed by atoms with van der Waals surface area (Å²) in [5.41, 5.74) is 1.86. The molecule has 0 bridgehead atoms. The van der Waals surface area contributed by atoms with Gasteiger partial charge in [-0.25, -0.2) is 0 Å². The van der Waals surface area contributed by atoms with Crippen molar-refractivity contribution in [3.8, 4) is 0 Å². The molecule has 0 saturated carbocycles. The van der Waals surface area contributed by atoms with E-state index in [1.165, 1.54) is 12.8 Å². The van der Waals surface area contributed by atoms with Gasteiger partial charge in [0.25, 0.3) is 0 Å². The molecule has 2 heterocycles. The number of halogens is 1. The molecule has 1 aromatic carbocycles. The Bertz CT molecular complexity index is 685. The zero-order valence-corrected chi connectivity index (χ0v) is 13.8. The van der Waals surface area contributed by atoms with E-state index in [1.54, 1.807) is 6.20 Å². The molecular formula is C17H21ClN4O. The monoisotopic (exact) mass is 332 g/mol. The number of hydrogen-bond donors (Lipinski definition) is 2. The number of benzene rings is 1. The van der Waals surface area contributed by atoms with E-state index in [9.17, 15) is 4.79 Å². The van der Waals surface area contributed by atoms with Crippen LogP contribution >= 0.6 is 11.6 Å². The highest BCUT2D eigenvalue weighted by Crippen LogP contribution is 2.23. The van der Waals surface area contributed by atoms with Gasteiger partial charge in [-0.3, -0.25) is 14.7 Å². The normalized spacial score (nSPS) is 15.0. The van der Waals surface area contributed by atoms with Crippen LogP contribution in [0.15, 0.2) is 30.5 Å². The molecule has 6 heteroatoms. The molecule has 1 amide bonds. The van der Waals surface area contributed by atoms with Gasteiger partial charge in [-0.05, 0) is 50.2 Å². The molecule has 1 aliphatic rings. The van der Waals surface area contributed by atoms with E-state index in [-0.39, 0.29) is 5.91 Å². The number of fused-ring (bicyclic) bond motifs is 1. The summed E-state index contributed by atoms with van der Waals surface area (Å²) in [4.78, 5) is 18.4. The number of carbonyl (C=O) groups is 1. The Morgan fingerprint density at radius 1 is 1.22 bits per heavy atom. The molecule has 1 fully saturated rings. The van der Waals surface area contributed by atoms with Gasteiger partial charge in [0.05, 0.1) is 12.1 Å². The first-order valence-corrected chi connectivity index (χ1v) is 8.37. The Labute approximate surface area is 141 Å². The SMILES string of the molecule is O=C(CN1CCCC1)NCCNc1ccnc2cc(Cl)ccc12. The minimum absolute atomic E-state index is 0.0973. The largest absolute Gasteiger partial charge is 0.383 e. The summed E-state index contributed by atoms with van der Waals surface area (Å²) in [6.07, 6.45) is 4.16. The third kappa shape index (κ3) is 4.33. The molecule has 0 atom stereocenters. The van der Waals surface area contributed by atoms with E-state index in [1.807, 2.05) is 24.3 Å². The molecular weight excluding hydrogens is 312 g/mol. The van der Waals surface area contributed by atoms with Crippen molar-refractivity contribution in [2.24, 2.45) is 0 Å². The highest BCUT2D eigenvalue weighted by molar-refractivity contribution is 6.31. The van der Waals surface area contributed by atoms with Crippen LogP contribution in [0.3, 0.4) is 0 Å². The van der Waals surface area contributed by atoms with Gasteiger partial charge in [0.15, 0.2) is 0 Å². The van der Waals surface area contributed by atoms with Crippen LogP contribution in [0.25, 0.3) is 10.9 Å². The number of amides is 1. The van der Waals surface area contributed by atoms with Crippen molar-refractivity contribution < 1.29 is 4.79 Å². The minimum Gasteiger partial charge on any atom is -0.383 e. The van der Waals surface area contributed by atoms with Gasteiger partial charge in [0.1, 0.15) is 0 Å². The Morgan fingerprint density at radius 3 is 2.87 bits per heavy atom. The number of rotatable bonds is 6. The van der Waals surface area contributed by atoms with Crippen LogP contribution < -0.4 is 10.6 Å². The molecule has 2 aromatic rings. The first kappa shape index (κ1) is 16.0. The van der Waals surface area contributed by atoms with Crippen LogP contribution in [-0.2, 0) is 4.79 Å². The Hall–Kier alpha value is -1.85. The maximum atomic E-state index is 11.9. The number of hydrogen-bond acceptors (Lipinski definition) is 4. The van der Waals surface area contributed by atoms with E-state index in [0.717, 1.165) is 29.7 Å². The molecule has 2 N–H and O–H groups in total. The van der Waals surface area contributed by atoms with Gasteiger partial charge >= 0.3 is 0 Å². The maximum absolute atomic E-state index is 11.9. The lowest BCUT2D eigenvalue weighted by Crippen LogP contribution is -2.37. The molecule has 1 saturated heterocycles. The van der Waals surface area contributed by atoms with Gasteiger partial charge in [-0.2, -0.15) is 0 Å². The Morgan fingerprint density at radius 2 is 2.04 bits per heavy atom. The number of nitrogens with one attached hydrogen (secondary N) is 2. The van der Waals surface area contributed by atoms with Gasteiger partial charge in [0, 0.05) is 35.4 Å². The van der Waals surface area contributed by atoms with Crippen LogP contribution in [0.5, 0.6) is 0 Å². The quantitative estimate of drug-likeness (QED) is 0.798. The molecule has 23 heavy (non-hydrogen) atoms. The van der Waals surface area contributed by atoms with E-state index in [2.05, 4.69) is 20.5 Å². The lowest BCUT2D eigenvalue weighted by molar-refractivity contribution is -0.121.